The molecule has 0 aliphatic carbocycles. The highest BCUT2D eigenvalue weighted by Crippen LogP contribution is 2.08. The van der Waals surface area contributed by atoms with Crippen LogP contribution in [0.5, 0.6) is 0 Å². The smallest absolute Gasteiger partial charge is 0.0315 e. The van der Waals surface area contributed by atoms with E-state index in [1.54, 1.807) is 6.20 Å². The minimum Gasteiger partial charge on any atom is -0.311 e. The minimum absolute atomic E-state index is 0.194. The first-order valence-corrected chi connectivity index (χ1v) is 5.87. The van der Waals surface area contributed by atoms with Crippen molar-refractivity contribution in [1.82, 2.24) is 15.6 Å². The van der Waals surface area contributed by atoms with Crippen LogP contribution in [-0.2, 0) is 0 Å². The lowest BCUT2D eigenvalue weighted by Gasteiger charge is -2.21. The maximum Gasteiger partial charge on any atom is 0.0315 e. The van der Waals surface area contributed by atoms with Crippen molar-refractivity contribution in [3.8, 4) is 0 Å². The summed E-state index contributed by atoms with van der Waals surface area (Å²) in [6.45, 7) is 10.6. The van der Waals surface area contributed by atoms with Crippen LogP contribution in [0.1, 0.15) is 39.3 Å². The molecule has 0 radical (unpaired) electrons. The van der Waals surface area contributed by atoms with E-state index < -0.39 is 0 Å². The van der Waals surface area contributed by atoms with E-state index in [4.69, 9.17) is 0 Å². The molecule has 2 N–H and O–H groups in total. The highest BCUT2D eigenvalue weighted by atomic mass is 15.0. The fourth-order valence-corrected chi connectivity index (χ4v) is 1.48. The molecule has 0 unspecified atom stereocenters. The van der Waals surface area contributed by atoms with Crippen molar-refractivity contribution in [2.24, 2.45) is 0 Å². The zero-order chi connectivity index (χ0) is 12.0. The molecule has 0 amide bonds. The summed E-state index contributed by atoms with van der Waals surface area (Å²) in [6, 6.07) is 4.43. The molecule has 16 heavy (non-hydrogen) atoms. The molecule has 1 aromatic rings. The van der Waals surface area contributed by atoms with E-state index in [0.717, 1.165) is 13.1 Å². The largest absolute Gasteiger partial charge is 0.311 e. The Hall–Kier alpha value is -0.930. The number of aromatic nitrogens is 1. The van der Waals surface area contributed by atoms with Crippen LogP contribution in [-0.4, -0.2) is 23.6 Å². The van der Waals surface area contributed by atoms with E-state index in [1.807, 2.05) is 12.3 Å². The number of pyridine rings is 1. The monoisotopic (exact) mass is 221 g/mol. The van der Waals surface area contributed by atoms with E-state index in [1.165, 1.54) is 5.56 Å². The Morgan fingerprint density at radius 3 is 2.62 bits per heavy atom. The van der Waals surface area contributed by atoms with Gasteiger partial charge in [-0.3, -0.25) is 4.98 Å². The molecule has 0 aliphatic rings. The van der Waals surface area contributed by atoms with Crippen LogP contribution in [0.2, 0.25) is 0 Å². The zero-order valence-corrected chi connectivity index (χ0v) is 10.7. The van der Waals surface area contributed by atoms with Gasteiger partial charge in [-0.1, -0.05) is 6.07 Å². The molecule has 0 fully saturated rings. The van der Waals surface area contributed by atoms with Crippen LogP contribution in [0.4, 0.5) is 0 Å². The minimum atomic E-state index is 0.194. The molecule has 0 spiro atoms. The molecule has 1 heterocycles. The topological polar surface area (TPSA) is 37.0 Å². The predicted molar refractivity (Wildman–Crippen MR) is 68.4 cm³/mol. The summed E-state index contributed by atoms with van der Waals surface area (Å²) >= 11 is 0. The Balaban J connectivity index is 2.24. The van der Waals surface area contributed by atoms with Crippen molar-refractivity contribution in [3.05, 3.63) is 30.1 Å². The van der Waals surface area contributed by atoms with E-state index in [2.05, 4.69) is 49.4 Å². The summed E-state index contributed by atoms with van der Waals surface area (Å²) in [5, 5.41) is 6.92. The molecule has 0 saturated carbocycles. The van der Waals surface area contributed by atoms with Gasteiger partial charge in [0.25, 0.3) is 0 Å². The van der Waals surface area contributed by atoms with Gasteiger partial charge in [-0.2, -0.15) is 0 Å². The van der Waals surface area contributed by atoms with Crippen LogP contribution in [0.3, 0.4) is 0 Å². The number of nitrogens with zero attached hydrogens (tertiary/aromatic N) is 1. The van der Waals surface area contributed by atoms with Crippen molar-refractivity contribution < 1.29 is 0 Å². The Morgan fingerprint density at radius 1 is 1.31 bits per heavy atom. The first-order chi connectivity index (χ1) is 7.49. The number of hydrogen-bond donors (Lipinski definition) is 2. The highest BCUT2D eigenvalue weighted by Gasteiger charge is 2.08. The van der Waals surface area contributed by atoms with Gasteiger partial charge in [-0.25, -0.2) is 0 Å². The molecule has 0 aromatic carbocycles. The van der Waals surface area contributed by atoms with Crippen LogP contribution in [0.15, 0.2) is 24.5 Å². The van der Waals surface area contributed by atoms with Gasteiger partial charge < -0.3 is 10.6 Å². The van der Waals surface area contributed by atoms with E-state index in [9.17, 15) is 0 Å². The quantitative estimate of drug-likeness (QED) is 0.748. The first-order valence-electron chi connectivity index (χ1n) is 5.87. The van der Waals surface area contributed by atoms with Gasteiger partial charge in [0.1, 0.15) is 0 Å². The van der Waals surface area contributed by atoms with E-state index in [0.29, 0.717) is 6.04 Å². The average molecular weight is 221 g/mol. The second-order valence-electron chi connectivity index (χ2n) is 5.14. The van der Waals surface area contributed by atoms with Gasteiger partial charge in [0, 0.05) is 37.1 Å². The number of hydrogen-bond acceptors (Lipinski definition) is 3. The molecular formula is C13H23N3. The Bertz CT molecular complexity index is 290. The summed E-state index contributed by atoms with van der Waals surface area (Å²) in [5.41, 5.74) is 1.43. The third-order valence-electron chi connectivity index (χ3n) is 2.42. The average Bonchev–Trinajstić information content (AvgIpc) is 2.24. The molecule has 3 heteroatoms. The molecule has 1 rings (SSSR count). The summed E-state index contributed by atoms with van der Waals surface area (Å²) < 4.78 is 0. The van der Waals surface area contributed by atoms with Crippen LogP contribution < -0.4 is 10.6 Å². The van der Waals surface area contributed by atoms with Gasteiger partial charge in [-0.15, -0.1) is 0 Å². The summed E-state index contributed by atoms with van der Waals surface area (Å²) in [4.78, 5) is 4.12. The van der Waals surface area contributed by atoms with Gasteiger partial charge in [-0.05, 0) is 39.3 Å². The van der Waals surface area contributed by atoms with Crippen molar-refractivity contribution >= 4 is 0 Å². The second kappa shape index (κ2) is 5.97. The molecule has 1 aromatic heterocycles. The number of rotatable bonds is 5. The molecule has 0 aliphatic heterocycles. The molecule has 0 saturated heterocycles. The van der Waals surface area contributed by atoms with Gasteiger partial charge in [0.05, 0.1) is 0 Å². The van der Waals surface area contributed by atoms with Gasteiger partial charge in [0.15, 0.2) is 0 Å². The normalized spacial score (nSPS) is 13.8. The molecule has 90 valence electrons. The van der Waals surface area contributed by atoms with Crippen LogP contribution in [0.25, 0.3) is 0 Å². The SMILES string of the molecule is C[C@H](NCCNC(C)(C)C)c1cccnc1. The zero-order valence-electron chi connectivity index (χ0n) is 10.7. The lowest BCUT2D eigenvalue weighted by atomic mass is 10.1. The summed E-state index contributed by atoms with van der Waals surface area (Å²) in [7, 11) is 0. The Labute approximate surface area is 98.7 Å². The van der Waals surface area contributed by atoms with Crippen molar-refractivity contribution in [2.75, 3.05) is 13.1 Å². The maximum atomic E-state index is 4.12. The highest BCUT2D eigenvalue weighted by molar-refractivity contribution is 5.12. The fraction of sp³-hybridized carbons (Fsp3) is 0.615. The summed E-state index contributed by atoms with van der Waals surface area (Å²) in [5.74, 6) is 0. The van der Waals surface area contributed by atoms with Crippen molar-refractivity contribution in [2.45, 2.75) is 39.3 Å². The van der Waals surface area contributed by atoms with E-state index in [-0.39, 0.29) is 5.54 Å². The fourth-order valence-electron chi connectivity index (χ4n) is 1.48. The van der Waals surface area contributed by atoms with Crippen LogP contribution in [0, 0.1) is 0 Å². The standard InChI is InChI=1S/C13H23N3/c1-11(12-6-5-7-14-10-12)15-8-9-16-13(2,3)4/h5-7,10-11,15-16H,8-9H2,1-4H3/t11-/m0/s1. The Kier molecular flexibility index (Phi) is 4.90. The molecule has 1 atom stereocenters. The lowest BCUT2D eigenvalue weighted by molar-refractivity contribution is 0.414. The first kappa shape index (κ1) is 13.1. The van der Waals surface area contributed by atoms with Gasteiger partial charge in [0.2, 0.25) is 0 Å². The maximum absolute atomic E-state index is 4.12. The second-order valence-corrected chi connectivity index (χ2v) is 5.14. The molecule has 3 nitrogen and oxygen atoms in total. The van der Waals surface area contributed by atoms with Crippen molar-refractivity contribution in [1.29, 1.82) is 0 Å². The summed E-state index contributed by atoms with van der Waals surface area (Å²) in [6.07, 6.45) is 3.71. The third-order valence-corrected chi connectivity index (χ3v) is 2.42. The van der Waals surface area contributed by atoms with Gasteiger partial charge >= 0.3 is 0 Å². The predicted octanol–water partition coefficient (Wildman–Crippen LogP) is 2.12. The van der Waals surface area contributed by atoms with Crippen LogP contribution >= 0.6 is 0 Å². The lowest BCUT2D eigenvalue weighted by Crippen LogP contribution is -2.40. The Morgan fingerprint density at radius 2 is 2.06 bits per heavy atom. The van der Waals surface area contributed by atoms with E-state index >= 15 is 0 Å². The third kappa shape index (κ3) is 5.24. The number of nitrogens with one attached hydrogen (secondary N) is 2. The van der Waals surface area contributed by atoms with Crippen molar-refractivity contribution in [3.63, 3.8) is 0 Å². The molecular weight excluding hydrogens is 198 g/mol. The molecule has 0 bridgehead atoms.